The van der Waals surface area contributed by atoms with Crippen molar-refractivity contribution in [2.45, 2.75) is 45.9 Å². The molecule has 1 N–H and O–H groups in total. The molecule has 0 aliphatic carbocycles. The van der Waals surface area contributed by atoms with Gasteiger partial charge < -0.3 is 19.7 Å². The molecule has 162 valence electrons. The van der Waals surface area contributed by atoms with E-state index in [-0.39, 0.29) is 17.9 Å². The molecule has 2 aromatic carbocycles. The number of nitrogens with zero attached hydrogens (tertiary/aromatic N) is 1. The van der Waals surface area contributed by atoms with Crippen molar-refractivity contribution in [1.29, 1.82) is 0 Å². The van der Waals surface area contributed by atoms with Crippen molar-refractivity contribution in [2.24, 2.45) is 0 Å². The Balaban J connectivity index is 2.17. The lowest BCUT2D eigenvalue weighted by Gasteiger charge is -2.30. The van der Waals surface area contributed by atoms with E-state index in [2.05, 4.69) is 5.32 Å². The van der Waals surface area contributed by atoms with Gasteiger partial charge in [-0.2, -0.15) is 0 Å². The summed E-state index contributed by atoms with van der Waals surface area (Å²) in [5, 5.41) is 2.96. The Morgan fingerprint density at radius 1 is 1.03 bits per heavy atom. The van der Waals surface area contributed by atoms with Crippen LogP contribution in [0, 0.1) is 0 Å². The number of rotatable bonds is 11. The van der Waals surface area contributed by atoms with Gasteiger partial charge in [-0.1, -0.05) is 42.5 Å². The first-order valence-corrected chi connectivity index (χ1v) is 10.3. The van der Waals surface area contributed by atoms with E-state index in [0.29, 0.717) is 26.1 Å². The molecule has 30 heavy (non-hydrogen) atoms. The average Bonchev–Trinajstić information content (AvgIpc) is 2.74. The molecule has 0 radical (unpaired) electrons. The molecule has 2 amide bonds. The van der Waals surface area contributed by atoms with Crippen molar-refractivity contribution in [3.05, 3.63) is 65.7 Å². The summed E-state index contributed by atoms with van der Waals surface area (Å²) in [6, 6.07) is 16.2. The third kappa shape index (κ3) is 7.19. The summed E-state index contributed by atoms with van der Waals surface area (Å²) in [7, 11) is 1.61. The number of carbonyl (C=O) groups excluding carboxylic acids is 2. The van der Waals surface area contributed by atoms with Gasteiger partial charge in [0.25, 0.3) is 0 Å². The maximum absolute atomic E-state index is 13.1. The predicted molar refractivity (Wildman–Crippen MR) is 117 cm³/mol. The Morgan fingerprint density at radius 3 is 2.27 bits per heavy atom. The number of hydrogen-bond donors (Lipinski definition) is 1. The fourth-order valence-corrected chi connectivity index (χ4v) is 3.12. The molecular formula is C24H32N2O4. The highest BCUT2D eigenvalue weighted by atomic mass is 16.5. The van der Waals surface area contributed by atoms with E-state index in [0.717, 1.165) is 16.9 Å². The molecule has 0 bridgehead atoms. The van der Waals surface area contributed by atoms with Crippen LogP contribution in [0.2, 0.25) is 0 Å². The van der Waals surface area contributed by atoms with Crippen LogP contribution in [0.15, 0.2) is 54.6 Å². The van der Waals surface area contributed by atoms with Crippen LogP contribution < -0.4 is 10.1 Å². The Bertz CT molecular complexity index is 791. The molecule has 0 heterocycles. The van der Waals surface area contributed by atoms with Gasteiger partial charge in [0.15, 0.2) is 0 Å². The SMILES string of the molecule is COc1ccc(CN(C(C)=O)C(C(=O)NCCCOC(C)C)c2ccccc2)cc1. The normalized spacial score (nSPS) is 11.8. The maximum atomic E-state index is 13.1. The third-order valence-corrected chi connectivity index (χ3v) is 4.66. The van der Waals surface area contributed by atoms with E-state index in [1.54, 1.807) is 12.0 Å². The smallest absolute Gasteiger partial charge is 0.247 e. The molecule has 0 fully saturated rings. The summed E-state index contributed by atoms with van der Waals surface area (Å²) in [5.41, 5.74) is 1.70. The topological polar surface area (TPSA) is 67.9 Å². The minimum absolute atomic E-state index is 0.162. The fraction of sp³-hybridized carbons (Fsp3) is 0.417. The van der Waals surface area contributed by atoms with Crippen LogP contribution in [0.25, 0.3) is 0 Å². The van der Waals surface area contributed by atoms with Crippen molar-refractivity contribution >= 4 is 11.8 Å². The first-order valence-electron chi connectivity index (χ1n) is 10.3. The van der Waals surface area contributed by atoms with E-state index in [4.69, 9.17) is 9.47 Å². The van der Waals surface area contributed by atoms with Gasteiger partial charge >= 0.3 is 0 Å². The van der Waals surface area contributed by atoms with Crippen molar-refractivity contribution in [1.82, 2.24) is 10.2 Å². The third-order valence-electron chi connectivity index (χ3n) is 4.66. The van der Waals surface area contributed by atoms with Crippen LogP contribution in [0.5, 0.6) is 5.75 Å². The van der Waals surface area contributed by atoms with Gasteiger partial charge in [-0.15, -0.1) is 0 Å². The largest absolute Gasteiger partial charge is 0.497 e. The zero-order valence-electron chi connectivity index (χ0n) is 18.3. The second-order valence-corrected chi connectivity index (χ2v) is 7.37. The quantitative estimate of drug-likeness (QED) is 0.571. The molecule has 1 unspecified atom stereocenters. The van der Waals surface area contributed by atoms with Crippen molar-refractivity contribution < 1.29 is 19.1 Å². The zero-order chi connectivity index (χ0) is 21.9. The summed E-state index contributed by atoms with van der Waals surface area (Å²) >= 11 is 0. The molecule has 0 aromatic heterocycles. The van der Waals surface area contributed by atoms with Crippen LogP contribution in [0.1, 0.15) is 44.4 Å². The second-order valence-electron chi connectivity index (χ2n) is 7.37. The molecule has 0 aliphatic heterocycles. The van der Waals surface area contributed by atoms with Crippen molar-refractivity contribution in [2.75, 3.05) is 20.3 Å². The summed E-state index contributed by atoms with van der Waals surface area (Å²) in [5.74, 6) is 0.376. The number of hydrogen-bond acceptors (Lipinski definition) is 4. The predicted octanol–water partition coefficient (Wildman–Crippen LogP) is 3.72. The highest BCUT2D eigenvalue weighted by molar-refractivity contribution is 5.88. The Labute approximate surface area is 179 Å². The number of amides is 2. The zero-order valence-corrected chi connectivity index (χ0v) is 18.3. The van der Waals surface area contributed by atoms with Crippen LogP contribution in [-0.2, 0) is 20.9 Å². The van der Waals surface area contributed by atoms with Gasteiger partial charge in [0.05, 0.1) is 13.2 Å². The lowest BCUT2D eigenvalue weighted by Crippen LogP contribution is -2.43. The standard InChI is InChI=1S/C24H32N2O4/c1-18(2)30-16-8-15-25-24(28)23(21-9-6-5-7-10-21)26(19(3)27)17-20-11-13-22(29-4)14-12-20/h5-7,9-14,18,23H,8,15-17H2,1-4H3,(H,25,28). The van der Waals surface area contributed by atoms with Gasteiger partial charge in [0, 0.05) is 26.6 Å². The van der Waals surface area contributed by atoms with E-state index < -0.39 is 6.04 Å². The first-order chi connectivity index (χ1) is 14.4. The molecule has 1 atom stereocenters. The van der Waals surface area contributed by atoms with Gasteiger partial charge in [0.2, 0.25) is 11.8 Å². The van der Waals surface area contributed by atoms with Crippen molar-refractivity contribution in [3.63, 3.8) is 0 Å². The minimum Gasteiger partial charge on any atom is -0.497 e. The van der Waals surface area contributed by atoms with E-state index in [9.17, 15) is 9.59 Å². The number of benzene rings is 2. The summed E-state index contributed by atoms with van der Waals surface area (Å²) in [4.78, 5) is 27.2. The monoisotopic (exact) mass is 412 g/mol. The van der Waals surface area contributed by atoms with Crippen LogP contribution in [-0.4, -0.2) is 43.1 Å². The highest BCUT2D eigenvalue weighted by Crippen LogP contribution is 2.24. The molecule has 0 aliphatic rings. The summed E-state index contributed by atoms with van der Waals surface area (Å²) < 4.78 is 10.7. The molecule has 6 heteroatoms. The minimum atomic E-state index is -0.711. The van der Waals surface area contributed by atoms with E-state index in [1.165, 1.54) is 6.92 Å². The first kappa shape index (κ1) is 23.4. The van der Waals surface area contributed by atoms with Crippen LogP contribution in [0.3, 0.4) is 0 Å². The summed E-state index contributed by atoms with van der Waals surface area (Å²) in [6.45, 7) is 6.84. The molecule has 0 spiro atoms. The summed E-state index contributed by atoms with van der Waals surface area (Å²) in [6.07, 6.45) is 0.875. The molecule has 2 rings (SSSR count). The Morgan fingerprint density at radius 2 is 1.70 bits per heavy atom. The van der Waals surface area contributed by atoms with Gasteiger partial charge in [-0.3, -0.25) is 9.59 Å². The van der Waals surface area contributed by atoms with Crippen LogP contribution in [0.4, 0.5) is 0 Å². The fourth-order valence-electron chi connectivity index (χ4n) is 3.12. The van der Waals surface area contributed by atoms with E-state index in [1.807, 2.05) is 68.4 Å². The lowest BCUT2D eigenvalue weighted by atomic mass is 10.0. The maximum Gasteiger partial charge on any atom is 0.247 e. The Hall–Kier alpha value is -2.86. The molecular weight excluding hydrogens is 380 g/mol. The number of nitrogens with one attached hydrogen (secondary N) is 1. The second kappa shape index (κ2) is 12.0. The lowest BCUT2D eigenvalue weighted by molar-refractivity contribution is -0.140. The molecule has 2 aromatic rings. The van der Waals surface area contributed by atoms with Crippen LogP contribution >= 0.6 is 0 Å². The van der Waals surface area contributed by atoms with Crippen molar-refractivity contribution in [3.8, 4) is 5.75 Å². The highest BCUT2D eigenvalue weighted by Gasteiger charge is 2.29. The number of carbonyl (C=O) groups is 2. The number of ether oxygens (including phenoxy) is 2. The van der Waals surface area contributed by atoms with E-state index >= 15 is 0 Å². The van der Waals surface area contributed by atoms with Gasteiger partial charge in [-0.25, -0.2) is 0 Å². The molecule has 6 nitrogen and oxygen atoms in total. The Kier molecular flexibility index (Phi) is 9.35. The number of methoxy groups -OCH3 is 1. The average molecular weight is 413 g/mol. The molecule has 0 saturated heterocycles. The van der Waals surface area contributed by atoms with Gasteiger partial charge in [0.1, 0.15) is 11.8 Å². The molecule has 0 saturated carbocycles. The van der Waals surface area contributed by atoms with Gasteiger partial charge in [-0.05, 0) is 43.5 Å².